The maximum atomic E-state index is 13.6. The third-order valence-corrected chi connectivity index (χ3v) is 8.19. The van der Waals surface area contributed by atoms with E-state index in [4.69, 9.17) is 11.6 Å². The molecule has 3 aliphatic rings. The maximum absolute atomic E-state index is 13.6. The van der Waals surface area contributed by atoms with Gasteiger partial charge in [-0.15, -0.1) is 11.6 Å². The minimum absolute atomic E-state index is 0.0491. The van der Waals surface area contributed by atoms with Crippen LogP contribution in [-0.2, 0) is 24.0 Å². The second kappa shape index (κ2) is 10.1. The first kappa shape index (κ1) is 29.2. The van der Waals surface area contributed by atoms with Gasteiger partial charge in [0.2, 0.25) is 17.7 Å². The lowest BCUT2D eigenvalue weighted by Gasteiger charge is -2.38. The second-order valence-corrected chi connectivity index (χ2v) is 12.1. The molecule has 6 atom stereocenters. The van der Waals surface area contributed by atoms with E-state index in [1.807, 2.05) is 13.8 Å². The van der Waals surface area contributed by atoms with Crippen LogP contribution in [-0.4, -0.2) is 77.6 Å². The van der Waals surface area contributed by atoms with E-state index in [0.29, 0.717) is 13.0 Å². The van der Waals surface area contributed by atoms with Crippen LogP contribution in [0.15, 0.2) is 0 Å². The summed E-state index contributed by atoms with van der Waals surface area (Å²) in [5.74, 6) is -5.61. The number of fused-ring (bicyclic) bond motifs is 1. The van der Waals surface area contributed by atoms with Gasteiger partial charge in [-0.05, 0) is 35.5 Å². The standard InChI is InChI=1S/C24H34ClF3N4O5/c1-22(2,3)17(31-21(37)24(26,27)28)20(36)32-10-12-15(23(12,4)5)16(32)19(35)30-13(14(33)9-25)8-11-6-7-29-18(11)34/h11-13,15-17H,6-10H2,1-5H3,(H,29,34)(H,30,35)(H,31,37)/t11-,12-,13-,15-,16-,17+/m0/s1. The summed E-state index contributed by atoms with van der Waals surface area (Å²) >= 11 is 5.75. The zero-order valence-electron chi connectivity index (χ0n) is 21.5. The summed E-state index contributed by atoms with van der Waals surface area (Å²) in [5, 5.41) is 7.14. The molecule has 2 saturated heterocycles. The summed E-state index contributed by atoms with van der Waals surface area (Å²) < 4.78 is 39.0. The van der Waals surface area contributed by atoms with Gasteiger partial charge >= 0.3 is 12.1 Å². The van der Waals surface area contributed by atoms with Crippen molar-refractivity contribution in [1.82, 2.24) is 20.9 Å². The number of nitrogens with zero attached hydrogens (tertiary/aromatic N) is 1. The number of ketones is 1. The fraction of sp³-hybridized carbons (Fsp3) is 0.792. The van der Waals surface area contributed by atoms with Crippen LogP contribution in [0.5, 0.6) is 0 Å². The molecule has 9 nitrogen and oxygen atoms in total. The SMILES string of the molecule is CC(C)(C)[C@H](NC(=O)C(F)(F)F)C(=O)N1C[C@H]2[C@@H]([C@H]1C(=O)N[C@@H](C[C@@H]1CCNC1=O)C(=O)CCl)C2(C)C. The number of carbonyl (C=O) groups is 5. The minimum atomic E-state index is -5.18. The van der Waals surface area contributed by atoms with Crippen molar-refractivity contribution in [2.24, 2.45) is 28.6 Å². The van der Waals surface area contributed by atoms with E-state index < -0.39 is 59.1 Å². The number of Topliss-reactive ketones (excluding diaryl/α,β-unsaturated/α-hetero) is 1. The number of halogens is 4. The Morgan fingerprint density at radius 2 is 1.78 bits per heavy atom. The number of hydrogen-bond acceptors (Lipinski definition) is 5. The average Bonchev–Trinajstić information content (AvgIpc) is 3.14. The van der Waals surface area contributed by atoms with Crippen molar-refractivity contribution in [3.8, 4) is 0 Å². The molecule has 1 aliphatic carbocycles. The van der Waals surface area contributed by atoms with Crippen molar-refractivity contribution in [3.05, 3.63) is 0 Å². The third-order valence-electron chi connectivity index (χ3n) is 7.93. The highest BCUT2D eigenvalue weighted by Gasteiger charge is 2.70. The lowest BCUT2D eigenvalue weighted by atomic mass is 9.85. The molecule has 4 amide bonds. The van der Waals surface area contributed by atoms with Crippen LogP contribution < -0.4 is 16.0 Å². The predicted octanol–water partition coefficient (Wildman–Crippen LogP) is 1.38. The molecule has 2 aliphatic heterocycles. The summed E-state index contributed by atoms with van der Waals surface area (Å²) in [6.45, 7) is 9.00. The molecule has 0 unspecified atom stereocenters. The highest BCUT2D eigenvalue weighted by atomic mass is 35.5. The van der Waals surface area contributed by atoms with Crippen LogP contribution in [0.2, 0.25) is 0 Å². The van der Waals surface area contributed by atoms with E-state index in [-0.39, 0.29) is 42.0 Å². The zero-order valence-corrected chi connectivity index (χ0v) is 22.3. The molecule has 0 aromatic carbocycles. The summed E-state index contributed by atoms with van der Waals surface area (Å²) in [6.07, 6.45) is -4.64. The average molecular weight is 551 g/mol. The Bertz CT molecular complexity index is 980. The van der Waals surface area contributed by atoms with E-state index in [1.165, 1.54) is 25.7 Å². The van der Waals surface area contributed by atoms with Crippen molar-refractivity contribution >= 4 is 41.0 Å². The Hall–Kier alpha value is -2.37. The number of carbonyl (C=O) groups excluding carboxylic acids is 5. The van der Waals surface area contributed by atoms with Crippen LogP contribution in [0.3, 0.4) is 0 Å². The molecule has 2 heterocycles. The molecule has 0 spiro atoms. The molecule has 3 rings (SSSR count). The van der Waals surface area contributed by atoms with Crippen molar-refractivity contribution in [1.29, 1.82) is 0 Å². The van der Waals surface area contributed by atoms with E-state index in [1.54, 1.807) is 5.32 Å². The third kappa shape index (κ3) is 5.88. The molecular formula is C24H34ClF3N4O5. The van der Waals surface area contributed by atoms with Crippen LogP contribution in [0, 0.1) is 28.6 Å². The number of amides is 4. The number of nitrogens with one attached hydrogen (secondary N) is 3. The Balaban J connectivity index is 1.85. The normalized spacial score (nSPS) is 28.1. The minimum Gasteiger partial charge on any atom is -0.356 e. The van der Waals surface area contributed by atoms with Crippen LogP contribution in [0.25, 0.3) is 0 Å². The highest BCUT2D eigenvalue weighted by Crippen LogP contribution is 2.65. The van der Waals surface area contributed by atoms with Crippen LogP contribution in [0.1, 0.15) is 47.5 Å². The number of alkyl halides is 4. The number of likely N-dealkylation sites (tertiary alicyclic amines) is 1. The van der Waals surface area contributed by atoms with E-state index in [2.05, 4.69) is 10.6 Å². The molecule has 0 aromatic rings. The monoisotopic (exact) mass is 550 g/mol. The molecular weight excluding hydrogens is 517 g/mol. The summed E-state index contributed by atoms with van der Waals surface area (Å²) in [4.78, 5) is 64.6. The van der Waals surface area contributed by atoms with E-state index >= 15 is 0 Å². The van der Waals surface area contributed by atoms with E-state index in [9.17, 15) is 37.1 Å². The van der Waals surface area contributed by atoms with Gasteiger partial charge in [-0.2, -0.15) is 13.2 Å². The van der Waals surface area contributed by atoms with Gasteiger partial charge < -0.3 is 20.9 Å². The predicted molar refractivity (Wildman–Crippen MR) is 127 cm³/mol. The largest absolute Gasteiger partial charge is 0.471 e. The summed E-state index contributed by atoms with van der Waals surface area (Å²) in [5.41, 5.74) is -1.39. The summed E-state index contributed by atoms with van der Waals surface area (Å²) in [6, 6.07) is -3.65. The van der Waals surface area contributed by atoms with Crippen LogP contribution >= 0.6 is 11.6 Å². The van der Waals surface area contributed by atoms with Gasteiger partial charge in [0, 0.05) is 19.0 Å². The van der Waals surface area contributed by atoms with Crippen molar-refractivity contribution in [2.75, 3.05) is 19.0 Å². The summed E-state index contributed by atoms with van der Waals surface area (Å²) in [7, 11) is 0. The smallest absolute Gasteiger partial charge is 0.356 e. The van der Waals surface area contributed by atoms with Crippen molar-refractivity contribution in [2.45, 2.75) is 71.8 Å². The second-order valence-electron chi connectivity index (χ2n) is 11.8. The Labute approximate surface area is 218 Å². The quantitative estimate of drug-likeness (QED) is 0.394. The van der Waals surface area contributed by atoms with Gasteiger partial charge in [0.25, 0.3) is 0 Å². The topological polar surface area (TPSA) is 125 Å². The van der Waals surface area contributed by atoms with Gasteiger partial charge in [0.15, 0.2) is 5.78 Å². The maximum Gasteiger partial charge on any atom is 0.471 e. The van der Waals surface area contributed by atoms with Crippen molar-refractivity contribution in [3.63, 3.8) is 0 Å². The first-order valence-corrected chi connectivity index (χ1v) is 12.8. The molecule has 1 saturated carbocycles. The highest BCUT2D eigenvalue weighted by molar-refractivity contribution is 6.28. The molecule has 0 radical (unpaired) electrons. The first-order valence-electron chi connectivity index (χ1n) is 12.3. The fourth-order valence-electron chi connectivity index (χ4n) is 5.62. The number of rotatable bonds is 8. The Morgan fingerprint density at radius 1 is 1.16 bits per heavy atom. The van der Waals surface area contributed by atoms with Crippen molar-refractivity contribution < 1.29 is 37.1 Å². The van der Waals surface area contributed by atoms with Gasteiger partial charge in [-0.3, -0.25) is 24.0 Å². The zero-order chi connectivity index (χ0) is 28.1. The van der Waals surface area contributed by atoms with Gasteiger partial charge in [0.1, 0.15) is 12.1 Å². The van der Waals surface area contributed by atoms with E-state index in [0.717, 1.165) is 0 Å². The fourth-order valence-corrected chi connectivity index (χ4v) is 5.80. The Kier molecular flexibility index (Phi) is 7.94. The van der Waals surface area contributed by atoms with Gasteiger partial charge in [-0.25, -0.2) is 0 Å². The molecule has 208 valence electrons. The van der Waals surface area contributed by atoms with Crippen LogP contribution in [0.4, 0.5) is 13.2 Å². The molecule has 0 aromatic heterocycles. The molecule has 0 bridgehead atoms. The van der Waals surface area contributed by atoms with Gasteiger partial charge in [-0.1, -0.05) is 34.6 Å². The lowest BCUT2D eigenvalue weighted by Crippen LogP contribution is -2.61. The van der Waals surface area contributed by atoms with Gasteiger partial charge in [0.05, 0.1) is 11.9 Å². The number of piperidine rings is 1. The first-order chi connectivity index (χ1) is 16.9. The lowest BCUT2D eigenvalue weighted by molar-refractivity contribution is -0.176. The Morgan fingerprint density at radius 3 is 2.27 bits per heavy atom. The molecule has 3 fully saturated rings. The molecule has 3 N–H and O–H groups in total. The molecule has 13 heteroatoms. The molecule has 37 heavy (non-hydrogen) atoms. The number of hydrogen-bond donors (Lipinski definition) is 3.